The largest absolute Gasteiger partial charge is 0.472 e. The number of hydrogen-bond acceptors (Lipinski definition) is 10. The summed E-state index contributed by atoms with van der Waals surface area (Å²) in [5, 5.41) is 9.80. The smallest absolute Gasteiger partial charge is 0.462 e. The molecule has 2 N–H and O–H groups in total. The number of phosphoric acid groups is 1. The minimum atomic E-state index is -4.76. The van der Waals surface area contributed by atoms with Crippen LogP contribution in [0.3, 0.4) is 0 Å². The fraction of sp³-hybridized carbons (Fsp3) is 0.683. The predicted octanol–water partition coefficient (Wildman–Crippen LogP) is 16.5. The van der Waals surface area contributed by atoms with Gasteiger partial charge in [0, 0.05) is 19.3 Å². The van der Waals surface area contributed by atoms with Crippen LogP contribution in [0.5, 0.6) is 0 Å². The second kappa shape index (κ2) is 53.7. The average molecular weight is 1030 g/mol. The fourth-order valence-electron chi connectivity index (χ4n) is 7.19. The number of ether oxygens (including phenoxy) is 3. The second-order valence-electron chi connectivity index (χ2n) is 18.4. The van der Waals surface area contributed by atoms with Crippen LogP contribution in [-0.2, 0) is 42.2 Å². The lowest BCUT2D eigenvalue weighted by molar-refractivity contribution is -0.161. The first kappa shape index (κ1) is 68.4. The Balaban J connectivity index is 4.78. The molecule has 0 amide bonds. The Kier molecular flexibility index (Phi) is 51.0. The first-order chi connectivity index (χ1) is 35.2. The van der Waals surface area contributed by atoms with Crippen molar-refractivity contribution in [3.63, 3.8) is 0 Å². The van der Waals surface area contributed by atoms with Crippen molar-refractivity contribution in [3.8, 4) is 0 Å². The van der Waals surface area contributed by atoms with E-state index in [4.69, 9.17) is 23.3 Å². The van der Waals surface area contributed by atoms with Gasteiger partial charge in [0.1, 0.15) is 12.7 Å². The Morgan fingerprint density at radius 3 is 1.11 bits per heavy atom. The van der Waals surface area contributed by atoms with Crippen molar-refractivity contribution in [1.82, 2.24) is 0 Å². The number of carbonyl (C=O) groups excluding carboxylic acids is 3. The van der Waals surface area contributed by atoms with Gasteiger partial charge in [0.15, 0.2) is 6.10 Å². The maximum Gasteiger partial charge on any atom is 0.472 e. The molecule has 0 aromatic rings. The van der Waals surface area contributed by atoms with Crippen LogP contribution in [-0.4, -0.2) is 66.5 Å². The molecule has 0 fully saturated rings. The molecule has 0 heterocycles. The molecule has 0 saturated carbocycles. The summed E-state index contributed by atoms with van der Waals surface area (Å²) in [7, 11) is -4.76. The molecule has 0 aliphatic rings. The Morgan fingerprint density at radius 2 is 0.722 bits per heavy atom. The lowest BCUT2D eigenvalue weighted by Crippen LogP contribution is -2.30. The molecule has 12 heteroatoms. The van der Waals surface area contributed by atoms with Crippen LogP contribution in [0.2, 0.25) is 0 Å². The number of hydrogen-bond donors (Lipinski definition) is 2. The minimum Gasteiger partial charge on any atom is -0.462 e. The van der Waals surface area contributed by atoms with E-state index in [1.807, 2.05) is 0 Å². The molecule has 0 saturated heterocycles. The number of aliphatic hydroxyl groups is 1. The Hall–Kier alpha value is -3.60. The molecular weight excluding hydrogens is 928 g/mol. The van der Waals surface area contributed by atoms with E-state index in [0.717, 1.165) is 167 Å². The summed E-state index contributed by atoms with van der Waals surface area (Å²) in [5.41, 5.74) is 0. The Bertz CT molecular complexity index is 1580. The van der Waals surface area contributed by atoms with E-state index in [0.29, 0.717) is 19.3 Å². The molecule has 0 bridgehead atoms. The third-order valence-electron chi connectivity index (χ3n) is 11.4. The first-order valence-electron chi connectivity index (χ1n) is 28.1. The molecule has 0 spiro atoms. The third-order valence-corrected chi connectivity index (χ3v) is 12.4. The van der Waals surface area contributed by atoms with Crippen molar-refractivity contribution in [3.05, 3.63) is 97.2 Å². The molecule has 0 aromatic heterocycles. The third kappa shape index (κ3) is 51.3. The van der Waals surface area contributed by atoms with Crippen molar-refractivity contribution in [2.24, 2.45) is 0 Å². The van der Waals surface area contributed by atoms with Crippen molar-refractivity contribution < 1.29 is 52.2 Å². The Labute approximate surface area is 438 Å². The summed E-state index contributed by atoms with van der Waals surface area (Å²) in [6, 6.07) is 0. The number of aliphatic hydroxyl groups excluding tert-OH is 1. The van der Waals surface area contributed by atoms with Crippen molar-refractivity contribution in [2.45, 2.75) is 238 Å². The maximum absolute atomic E-state index is 12.9. The van der Waals surface area contributed by atoms with E-state index in [1.54, 1.807) is 0 Å². The molecule has 3 atom stereocenters. The van der Waals surface area contributed by atoms with Gasteiger partial charge >= 0.3 is 25.7 Å². The number of carbonyl (C=O) groups is 3. The Morgan fingerprint density at radius 1 is 0.403 bits per heavy atom. The van der Waals surface area contributed by atoms with Gasteiger partial charge in [-0.1, -0.05) is 195 Å². The van der Waals surface area contributed by atoms with E-state index in [1.165, 1.54) is 0 Å². The van der Waals surface area contributed by atoms with Gasteiger partial charge in [-0.3, -0.25) is 23.4 Å². The van der Waals surface area contributed by atoms with E-state index >= 15 is 0 Å². The standard InChI is InChI=1S/C60H101O11P/c1-4-7-10-13-16-19-22-25-26-27-28-29-30-33-36-39-42-45-48-51-60(64)71-57(53-67-58(62)49-46-43-40-37-34-31-23-20-17-14-11-8-5-2)55-69-72(65,66)68-54-56(52-61)70-59(63)50-47-44-41-38-35-32-24-21-18-15-12-9-6-3/h7,10-12,14-16,19-21,23-26,28-29,56-57,61H,4-6,8-9,13,17-18,22,27,30-55H2,1-3H3,(H,65,66)/b10-7-,14-11-,15-12-,19-16-,23-20-,24-21-,26-25-,29-28-. The van der Waals surface area contributed by atoms with Crippen LogP contribution in [0.25, 0.3) is 0 Å². The molecule has 72 heavy (non-hydrogen) atoms. The van der Waals surface area contributed by atoms with Crippen LogP contribution >= 0.6 is 7.82 Å². The van der Waals surface area contributed by atoms with Crippen LogP contribution in [0, 0.1) is 0 Å². The lowest BCUT2D eigenvalue weighted by atomic mass is 10.1. The zero-order chi connectivity index (χ0) is 52.7. The lowest BCUT2D eigenvalue weighted by Gasteiger charge is -2.21. The molecule has 11 nitrogen and oxygen atoms in total. The highest BCUT2D eigenvalue weighted by atomic mass is 31.2. The van der Waals surface area contributed by atoms with Crippen LogP contribution < -0.4 is 0 Å². The zero-order valence-corrected chi connectivity index (χ0v) is 46.3. The van der Waals surface area contributed by atoms with Gasteiger partial charge in [0.2, 0.25) is 0 Å². The van der Waals surface area contributed by atoms with Crippen LogP contribution in [0.15, 0.2) is 97.2 Å². The summed E-state index contributed by atoms with van der Waals surface area (Å²) in [6.45, 7) is 4.34. The van der Waals surface area contributed by atoms with Gasteiger partial charge in [-0.25, -0.2) is 4.57 Å². The molecule has 412 valence electrons. The zero-order valence-electron chi connectivity index (χ0n) is 45.4. The molecule has 0 rings (SSSR count). The van der Waals surface area contributed by atoms with Gasteiger partial charge in [0.05, 0.1) is 19.8 Å². The number of phosphoric ester groups is 1. The minimum absolute atomic E-state index is 0.143. The number of esters is 3. The first-order valence-corrected chi connectivity index (χ1v) is 29.6. The molecular formula is C60H101O11P. The van der Waals surface area contributed by atoms with E-state index < -0.39 is 57.8 Å². The van der Waals surface area contributed by atoms with Gasteiger partial charge in [-0.2, -0.15) is 0 Å². The number of rotatable bonds is 51. The highest BCUT2D eigenvalue weighted by molar-refractivity contribution is 7.47. The molecule has 0 radical (unpaired) electrons. The summed E-state index contributed by atoms with van der Waals surface area (Å²) >= 11 is 0. The van der Waals surface area contributed by atoms with Gasteiger partial charge in [-0.05, 0) is 109 Å². The van der Waals surface area contributed by atoms with Gasteiger partial charge in [-0.15, -0.1) is 0 Å². The molecule has 0 aliphatic carbocycles. The topological polar surface area (TPSA) is 155 Å². The fourth-order valence-corrected chi connectivity index (χ4v) is 7.97. The monoisotopic (exact) mass is 1030 g/mol. The second-order valence-corrected chi connectivity index (χ2v) is 19.8. The van der Waals surface area contributed by atoms with Crippen molar-refractivity contribution in [1.29, 1.82) is 0 Å². The summed E-state index contributed by atoms with van der Waals surface area (Å²) < 4.78 is 39.4. The number of unbranched alkanes of at least 4 members (excludes halogenated alkanes) is 18. The van der Waals surface area contributed by atoms with E-state index in [2.05, 4.69) is 118 Å². The SMILES string of the molecule is CC/C=C\C/C=C\C/C=C\C/C=C\CCCCCCCCC(=O)OC(COC(=O)CCCCCCC/C=C\C/C=C\CCC)COP(=O)(O)OCC(CO)OC(=O)CCCCCCC/C=C\C/C=C\CCC. The van der Waals surface area contributed by atoms with Gasteiger partial charge < -0.3 is 24.2 Å². The summed E-state index contributed by atoms with van der Waals surface area (Å²) in [6.07, 6.45) is 62.2. The van der Waals surface area contributed by atoms with E-state index in [-0.39, 0.29) is 25.9 Å². The summed E-state index contributed by atoms with van der Waals surface area (Å²) in [5.74, 6) is -1.52. The highest BCUT2D eigenvalue weighted by Gasteiger charge is 2.28. The average Bonchev–Trinajstić information content (AvgIpc) is 3.37. The van der Waals surface area contributed by atoms with E-state index in [9.17, 15) is 28.9 Å². The molecule has 0 aliphatic heterocycles. The highest BCUT2D eigenvalue weighted by Crippen LogP contribution is 2.43. The molecule has 0 aromatic carbocycles. The molecule has 3 unspecified atom stereocenters. The normalized spacial score (nSPS) is 14.1. The maximum atomic E-state index is 12.9. The van der Waals surface area contributed by atoms with Crippen molar-refractivity contribution >= 4 is 25.7 Å². The van der Waals surface area contributed by atoms with Crippen molar-refractivity contribution in [2.75, 3.05) is 26.4 Å². The summed E-state index contributed by atoms with van der Waals surface area (Å²) in [4.78, 5) is 48.5. The quantitative estimate of drug-likeness (QED) is 0.0197. The number of allylic oxidation sites excluding steroid dienone is 16. The van der Waals surface area contributed by atoms with Crippen LogP contribution in [0.1, 0.15) is 226 Å². The predicted molar refractivity (Wildman–Crippen MR) is 297 cm³/mol. The van der Waals surface area contributed by atoms with Gasteiger partial charge in [0.25, 0.3) is 0 Å². The van der Waals surface area contributed by atoms with Crippen LogP contribution in [0.4, 0.5) is 0 Å².